The molecule has 1 N–H and O–H groups in total. The van der Waals surface area contributed by atoms with Crippen molar-refractivity contribution >= 4 is 0 Å². The van der Waals surface area contributed by atoms with Gasteiger partial charge >= 0.3 is 0 Å². The van der Waals surface area contributed by atoms with Gasteiger partial charge in [-0.15, -0.1) is 0 Å². The van der Waals surface area contributed by atoms with Crippen LogP contribution in [0.15, 0.2) is 121 Å². The second-order valence-electron chi connectivity index (χ2n) is 10.6. The predicted molar refractivity (Wildman–Crippen MR) is 157 cm³/mol. The summed E-state index contributed by atoms with van der Waals surface area (Å²) >= 11 is 0. The van der Waals surface area contributed by atoms with E-state index in [1.165, 1.54) is 0 Å². The van der Waals surface area contributed by atoms with E-state index in [2.05, 4.69) is 129 Å². The number of nitrogens with one attached hydrogen (secondary N) is 1. The summed E-state index contributed by atoms with van der Waals surface area (Å²) in [4.78, 5) is 8.79. The van der Waals surface area contributed by atoms with E-state index in [1.807, 2.05) is 18.3 Å². The van der Waals surface area contributed by atoms with Gasteiger partial charge in [-0.25, -0.2) is 4.98 Å². The molecule has 4 aromatic carbocycles. The third-order valence-corrected chi connectivity index (χ3v) is 7.72. The molecule has 3 heteroatoms. The number of H-pyrrole nitrogens is 1. The van der Waals surface area contributed by atoms with Gasteiger partial charge in [-0.05, 0) is 40.7 Å². The maximum absolute atomic E-state index is 6.33. The zero-order valence-electron chi connectivity index (χ0n) is 22.5. The van der Waals surface area contributed by atoms with Crippen LogP contribution in [0, 0.1) is 5.41 Å². The van der Waals surface area contributed by atoms with Crippen LogP contribution in [0.4, 0.5) is 0 Å². The fourth-order valence-electron chi connectivity index (χ4n) is 5.05. The average molecular weight is 501 g/mol. The molecule has 1 heterocycles. The van der Waals surface area contributed by atoms with Gasteiger partial charge in [0.25, 0.3) is 0 Å². The lowest BCUT2D eigenvalue weighted by Crippen LogP contribution is -2.32. The van der Waals surface area contributed by atoms with E-state index in [1.54, 1.807) is 0 Å². The van der Waals surface area contributed by atoms with Crippen molar-refractivity contribution in [3.05, 3.63) is 144 Å². The van der Waals surface area contributed by atoms with Crippen molar-refractivity contribution in [1.29, 1.82) is 0 Å². The standard InChI is InChI=1S/C35H36N2O/c1-4-34(2,3)24-25-38-32-23-15-14-22-30(32)31-26-36-33(37-31)35(27-16-8-5-9-17-27,28-18-10-6-11-19-28)29-20-12-7-13-21-29/h5-23,26H,4,24-25H2,1-3H3,(H,36,37). The number of para-hydroxylation sites is 1. The molecule has 0 aliphatic rings. The summed E-state index contributed by atoms with van der Waals surface area (Å²) in [5.74, 6) is 1.75. The lowest BCUT2D eigenvalue weighted by atomic mass is 9.69. The summed E-state index contributed by atoms with van der Waals surface area (Å²) in [5.41, 5.74) is 5.08. The topological polar surface area (TPSA) is 37.9 Å². The summed E-state index contributed by atoms with van der Waals surface area (Å²) < 4.78 is 6.33. The SMILES string of the molecule is CCC(C)(C)CCOc1ccccc1-c1cnc(C(c2ccccc2)(c2ccccc2)c2ccccc2)[nH]1. The molecule has 0 atom stereocenters. The van der Waals surface area contributed by atoms with Crippen molar-refractivity contribution in [1.82, 2.24) is 9.97 Å². The number of hydrogen-bond acceptors (Lipinski definition) is 2. The fraction of sp³-hybridized carbons (Fsp3) is 0.229. The van der Waals surface area contributed by atoms with Crippen LogP contribution in [0.25, 0.3) is 11.3 Å². The van der Waals surface area contributed by atoms with Crippen LogP contribution in [0.2, 0.25) is 0 Å². The minimum absolute atomic E-state index is 0.261. The molecule has 5 rings (SSSR count). The Kier molecular flexibility index (Phi) is 7.46. The van der Waals surface area contributed by atoms with Gasteiger partial charge in [-0.2, -0.15) is 0 Å². The Morgan fingerprint density at radius 3 is 1.71 bits per heavy atom. The molecule has 1 aromatic heterocycles. The smallest absolute Gasteiger partial charge is 0.128 e. The van der Waals surface area contributed by atoms with Crippen molar-refractivity contribution in [2.24, 2.45) is 5.41 Å². The van der Waals surface area contributed by atoms with Gasteiger partial charge in [0, 0.05) is 5.56 Å². The van der Waals surface area contributed by atoms with E-state index < -0.39 is 5.41 Å². The molecule has 0 bridgehead atoms. The third kappa shape index (κ3) is 5.02. The number of rotatable bonds is 10. The van der Waals surface area contributed by atoms with E-state index in [0.29, 0.717) is 6.61 Å². The number of imidazole rings is 1. The molecular formula is C35H36N2O. The maximum atomic E-state index is 6.33. The summed E-state index contributed by atoms with van der Waals surface area (Å²) in [5, 5.41) is 0. The monoisotopic (exact) mass is 500 g/mol. The van der Waals surface area contributed by atoms with Gasteiger partial charge in [0.1, 0.15) is 17.0 Å². The molecule has 0 aliphatic heterocycles. The molecular weight excluding hydrogens is 464 g/mol. The molecule has 0 radical (unpaired) electrons. The van der Waals surface area contributed by atoms with Gasteiger partial charge in [0.05, 0.1) is 18.5 Å². The maximum Gasteiger partial charge on any atom is 0.128 e. The molecule has 0 aliphatic carbocycles. The number of benzene rings is 4. The van der Waals surface area contributed by atoms with Gasteiger partial charge in [0.15, 0.2) is 0 Å². The average Bonchev–Trinajstić information content (AvgIpc) is 3.46. The van der Waals surface area contributed by atoms with Crippen LogP contribution in [0.3, 0.4) is 0 Å². The lowest BCUT2D eigenvalue weighted by molar-refractivity contribution is 0.223. The highest BCUT2D eigenvalue weighted by Crippen LogP contribution is 2.44. The van der Waals surface area contributed by atoms with E-state index in [0.717, 1.165) is 52.4 Å². The number of aromatic nitrogens is 2. The molecule has 0 saturated carbocycles. The van der Waals surface area contributed by atoms with Crippen LogP contribution in [0.1, 0.15) is 56.1 Å². The number of nitrogens with zero attached hydrogens (tertiary/aromatic N) is 1. The minimum atomic E-state index is -0.608. The second-order valence-corrected chi connectivity index (χ2v) is 10.6. The van der Waals surface area contributed by atoms with Gasteiger partial charge < -0.3 is 9.72 Å². The minimum Gasteiger partial charge on any atom is -0.493 e. The highest BCUT2D eigenvalue weighted by molar-refractivity contribution is 5.68. The van der Waals surface area contributed by atoms with Crippen LogP contribution in [0.5, 0.6) is 5.75 Å². The zero-order valence-corrected chi connectivity index (χ0v) is 22.5. The highest BCUT2D eigenvalue weighted by atomic mass is 16.5. The van der Waals surface area contributed by atoms with Gasteiger partial charge in [-0.1, -0.05) is 130 Å². The van der Waals surface area contributed by atoms with Crippen LogP contribution >= 0.6 is 0 Å². The molecule has 0 saturated heterocycles. The van der Waals surface area contributed by atoms with Crippen molar-refractivity contribution in [3.63, 3.8) is 0 Å². The summed E-state index contributed by atoms with van der Waals surface area (Å²) in [6.07, 6.45) is 4.07. The molecule has 0 amide bonds. The first-order valence-corrected chi connectivity index (χ1v) is 13.5. The van der Waals surface area contributed by atoms with Crippen molar-refractivity contribution < 1.29 is 4.74 Å². The molecule has 3 nitrogen and oxygen atoms in total. The van der Waals surface area contributed by atoms with Crippen LogP contribution in [-0.2, 0) is 5.41 Å². The van der Waals surface area contributed by atoms with E-state index >= 15 is 0 Å². The Labute approximate surface area is 226 Å². The summed E-state index contributed by atoms with van der Waals surface area (Å²) in [6.45, 7) is 7.50. The Morgan fingerprint density at radius 1 is 0.684 bits per heavy atom. The fourth-order valence-corrected chi connectivity index (χ4v) is 5.05. The Hall–Kier alpha value is -4.11. The summed E-state index contributed by atoms with van der Waals surface area (Å²) in [6, 6.07) is 40.1. The second kappa shape index (κ2) is 11.1. The Bertz CT molecular complexity index is 1340. The Balaban J connectivity index is 1.63. The predicted octanol–water partition coefficient (Wildman–Crippen LogP) is 8.66. The quantitative estimate of drug-likeness (QED) is 0.195. The van der Waals surface area contributed by atoms with Gasteiger partial charge in [-0.3, -0.25) is 0 Å². The first-order valence-electron chi connectivity index (χ1n) is 13.5. The van der Waals surface area contributed by atoms with Crippen LogP contribution in [-0.4, -0.2) is 16.6 Å². The third-order valence-electron chi connectivity index (χ3n) is 7.72. The number of ether oxygens (including phenoxy) is 1. The molecule has 0 spiro atoms. The van der Waals surface area contributed by atoms with E-state index in [9.17, 15) is 0 Å². The Morgan fingerprint density at radius 2 is 1.18 bits per heavy atom. The van der Waals surface area contributed by atoms with Gasteiger partial charge in [0.2, 0.25) is 0 Å². The molecule has 5 aromatic rings. The highest BCUT2D eigenvalue weighted by Gasteiger charge is 2.41. The number of hydrogen-bond donors (Lipinski definition) is 1. The normalized spacial score (nSPS) is 11.9. The largest absolute Gasteiger partial charge is 0.493 e. The van der Waals surface area contributed by atoms with Crippen molar-refractivity contribution in [2.75, 3.05) is 6.61 Å². The van der Waals surface area contributed by atoms with E-state index in [4.69, 9.17) is 9.72 Å². The first kappa shape index (κ1) is 25.5. The van der Waals surface area contributed by atoms with Crippen molar-refractivity contribution in [3.8, 4) is 17.0 Å². The number of aromatic amines is 1. The zero-order chi connectivity index (χ0) is 26.4. The lowest BCUT2D eigenvalue weighted by Gasteiger charge is -2.34. The molecule has 0 unspecified atom stereocenters. The first-order chi connectivity index (χ1) is 18.5. The van der Waals surface area contributed by atoms with E-state index in [-0.39, 0.29) is 5.41 Å². The van der Waals surface area contributed by atoms with Crippen LogP contribution < -0.4 is 4.74 Å². The van der Waals surface area contributed by atoms with Crippen molar-refractivity contribution in [2.45, 2.75) is 39.0 Å². The molecule has 38 heavy (non-hydrogen) atoms. The summed E-state index contributed by atoms with van der Waals surface area (Å²) in [7, 11) is 0. The molecule has 192 valence electrons. The molecule has 0 fully saturated rings.